The Morgan fingerprint density at radius 1 is 1.00 bits per heavy atom. The van der Waals surface area contributed by atoms with Gasteiger partial charge in [0.25, 0.3) is 5.91 Å². The molecule has 0 bridgehead atoms. The Hall–Kier alpha value is -4.72. The second-order valence-electron chi connectivity index (χ2n) is 15.6. The maximum Gasteiger partial charge on any atom is 0.414 e. The standard InChI is InChI=1S/C42H51N3O9Si/c1-27-39(55(4,5)33-16-14-32(51-2)15-17-33)36(24-37(47)45-25-29-11-7-6-10-28(29)22-31(45)26-46)54-42(27)34-23-30(43-20-21-53-41(43)50)13-18-35(34)44(40(42)49)19-9-8-12-38(48)52-3/h6-7,10-11,13-18,23,27,31,36,39,46H,8-9,12,19-22,24-26H2,1-5H3/t27-,31-,36+,39-,42+/m0/s1. The Morgan fingerprint density at radius 3 is 2.42 bits per heavy atom. The maximum atomic E-state index is 15.2. The summed E-state index contributed by atoms with van der Waals surface area (Å²) in [7, 11) is 0.417. The number of rotatable bonds is 12. The molecule has 0 radical (unpaired) electrons. The summed E-state index contributed by atoms with van der Waals surface area (Å²) in [6.07, 6.45) is 0.827. The Balaban J connectivity index is 1.30. The van der Waals surface area contributed by atoms with Crippen LogP contribution in [0, 0.1) is 5.92 Å². The predicted molar refractivity (Wildman–Crippen MR) is 209 cm³/mol. The van der Waals surface area contributed by atoms with Crippen molar-refractivity contribution in [1.29, 1.82) is 0 Å². The Bertz CT molecular complexity index is 1950. The van der Waals surface area contributed by atoms with E-state index >= 15 is 4.79 Å². The number of hydrogen-bond acceptors (Lipinski definition) is 9. The first-order chi connectivity index (χ1) is 26.4. The van der Waals surface area contributed by atoms with Crippen molar-refractivity contribution in [3.8, 4) is 5.75 Å². The Morgan fingerprint density at radius 2 is 1.75 bits per heavy atom. The SMILES string of the molecule is COC(=O)CCCCN1C(=O)[C@]2(O[C@H](CC(=O)N3Cc4ccccc4C[C@H]3CO)[C@@H]([Si](C)(C)c3ccc(OC)cc3)[C@@H]2C)c2cc(N3CCOC3=O)ccc21. The maximum absolute atomic E-state index is 15.2. The van der Waals surface area contributed by atoms with Crippen LogP contribution < -0.4 is 19.7 Å². The molecule has 4 aliphatic rings. The van der Waals surface area contributed by atoms with Crippen molar-refractivity contribution in [2.24, 2.45) is 5.92 Å². The number of cyclic esters (lactones) is 1. The van der Waals surface area contributed by atoms with Gasteiger partial charge in [-0.3, -0.25) is 19.3 Å². The Kier molecular flexibility index (Phi) is 10.8. The fourth-order valence-electron chi connectivity index (χ4n) is 9.49. The fourth-order valence-corrected chi connectivity index (χ4v) is 13.5. The van der Waals surface area contributed by atoms with E-state index in [-0.39, 0.29) is 61.3 Å². The highest BCUT2D eigenvalue weighted by atomic mass is 28.3. The molecule has 0 saturated carbocycles. The van der Waals surface area contributed by atoms with E-state index in [4.69, 9.17) is 18.9 Å². The second-order valence-corrected chi connectivity index (χ2v) is 20.3. The largest absolute Gasteiger partial charge is 0.497 e. The molecule has 55 heavy (non-hydrogen) atoms. The number of hydrogen-bond donors (Lipinski definition) is 1. The molecule has 4 aliphatic heterocycles. The summed E-state index contributed by atoms with van der Waals surface area (Å²) in [4.78, 5) is 59.6. The monoisotopic (exact) mass is 769 g/mol. The number of carbonyl (C=O) groups is 4. The highest BCUT2D eigenvalue weighted by molar-refractivity contribution is 6.91. The van der Waals surface area contributed by atoms with Gasteiger partial charge in [0.15, 0.2) is 5.60 Å². The lowest BCUT2D eigenvalue weighted by Crippen LogP contribution is -2.52. The van der Waals surface area contributed by atoms with Gasteiger partial charge in [-0.05, 0) is 66.3 Å². The quantitative estimate of drug-likeness (QED) is 0.155. The molecule has 4 heterocycles. The Labute approximate surface area is 323 Å². The number of nitrogens with zero attached hydrogens (tertiary/aromatic N) is 3. The van der Waals surface area contributed by atoms with Gasteiger partial charge in [0.2, 0.25) is 5.91 Å². The molecule has 0 unspecified atom stereocenters. The van der Waals surface area contributed by atoms with Crippen LogP contribution in [-0.2, 0) is 47.2 Å². The van der Waals surface area contributed by atoms with Crippen molar-refractivity contribution >= 4 is 48.5 Å². The first-order valence-corrected chi connectivity index (χ1v) is 22.3. The van der Waals surface area contributed by atoms with Crippen molar-refractivity contribution in [2.45, 2.75) is 82.0 Å². The van der Waals surface area contributed by atoms with Gasteiger partial charge in [-0.15, -0.1) is 0 Å². The molecule has 2 fully saturated rings. The van der Waals surface area contributed by atoms with Gasteiger partial charge in [0, 0.05) is 36.7 Å². The lowest BCUT2D eigenvalue weighted by atomic mass is 9.82. The van der Waals surface area contributed by atoms with E-state index in [1.54, 1.807) is 21.8 Å². The van der Waals surface area contributed by atoms with Crippen molar-refractivity contribution in [3.05, 3.63) is 83.4 Å². The van der Waals surface area contributed by atoms with Crippen LogP contribution in [0.1, 0.15) is 49.3 Å². The van der Waals surface area contributed by atoms with Crippen LogP contribution in [0.4, 0.5) is 16.2 Å². The number of anilines is 2. The van der Waals surface area contributed by atoms with Crippen LogP contribution in [0.2, 0.25) is 18.6 Å². The van der Waals surface area contributed by atoms with Crippen molar-refractivity contribution in [1.82, 2.24) is 4.90 Å². The van der Waals surface area contributed by atoms with E-state index in [1.807, 2.05) is 54.6 Å². The fraction of sp³-hybridized carbons (Fsp3) is 0.476. The van der Waals surface area contributed by atoms with Crippen LogP contribution >= 0.6 is 0 Å². The number of benzene rings is 3. The predicted octanol–water partition coefficient (Wildman–Crippen LogP) is 4.89. The summed E-state index contributed by atoms with van der Waals surface area (Å²) >= 11 is 0. The van der Waals surface area contributed by atoms with Gasteiger partial charge in [0.05, 0.1) is 59.7 Å². The van der Waals surface area contributed by atoms with Gasteiger partial charge < -0.3 is 33.9 Å². The van der Waals surface area contributed by atoms with Gasteiger partial charge in [-0.1, -0.05) is 61.6 Å². The molecule has 12 nitrogen and oxygen atoms in total. The van der Waals surface area contributed by atoms with E-state index in [1.165, 1.54) is 7.11 Å². The summed E-state index contributed by atoms with van der Waals surface area (Å²) < 4.78 is 22.9. The molecule has 292 valence electrons. The normalized spacial score (nSPS) is 24.6. The lowest BCUT2D eigenvalue weighted by Gasteiger charge is -2.39. The van der Waals surface area contributed by atoms with Crippen LogP contribution in [0.15, 0.2) is 66.7 Å². The smallest absolute Gasteiger partial charge is 0.414 e. The summed E-state index contributed by atoms with van der Waals surface area (Å²) in [6.45, 7) is 7.83. The average molecular weight is 770 g/mol. The zero-order valence-corrected chi connectivity index (χ0v) is 33.3. The van der Waals surface area contributed by atoms with Crippen LogP contribution in [-0.4, -0.2) is 94.6 Å². The summed E-state index contributed by atoms with van der Waals surface area (Å²) in [5.74, 6) is -0.290. The van der Waals surface area contributed by atoms with Gasteiger partial charge >= 0.3 is 12.1 Å². The molecule has 1 N–H and O–H groups in total. The third-order valence-electron chi connectivity index (χ3n) is 12.4. The lowest BCUT2D eigenvalue weighted by molar-refractivity contribution is -0.151. The minimum absolute atomic E-state index is 0.0297. The van der Waals surface area contributed by atoms with E-state index in [0.29, 0.717) is 55.8 Å². The van der Waals surface area contributed by atoms with E-state index in [0.717, 1.165) is 22.1 Å². The second kappa shape index (κ2) is 15.4. The molecular formula is C42H51N3O9Si. The number of carbonyl (C=O) groups excluding carboxylic acids is 4. The number of amides is 3. The number of ether oxygens (including phenoxy) is 4. The van der Waals surface area contributed by atoms with Crippen molar-refractivity contribution < 1.29 is 43.2 Å². The highest BCUT2D eigenvalue weighted by Crippen LogP contribution is 2.60. The molecule has 2 saturated heterocycles. The molecule has 3 amide bonds. The molecule has 3 aromatic rings. The molecule has 0 aromatic heterocycles. The summed E-state index contributed by atoms with van der Waals surface area (Å²) in [5, 5.41) is 11.6. The molecule has 3 aromatic carbocycles. The van der Waals surface area contributed by atoms with Crippen LogP contribution in [0.5, 0.6) is 5.75 Å². The minimum Gasteiger partial charge on any atom is -0.497 e. The number of esters is 1. The van der Waals surface area contributed by atoms with E-state index in [9.17, 15) is 19.5 Å². The van der Waals surface area contributed by atoms with Crippen molar-refractivity contribution in [3.63, 3.8) is 0 Å². The first kappa shape index (κ1) is 38.5. The molecule has 5 atom stereocenters. The molecule has 1 spiro atoms. The zero-order valence-electron chi connectivity index (χ0n) is 32.3. The van der Waals surface area contributed by atoms with Gasteiger partial charge in [0.1, 0.15) is 12.4 Å². The van der Waals surface area contributed by atoms with Gasteiger partial charge in [-0.25, -0.2) is 4.79 Å². The molecule has 0 aliphatic carbocycles. The van der Waals surface area contributed by atoms with Crippen LogP contribution in [0.25, 0.3) is 0 Å². The first-order valence-electron chi connectivity index (χ1n) is 19.2. The molecule has 13 heteroatoms. The summed E-state index contributed by atoms with van der Waals surface area (Å²) in [6, 6.07) is 21.3. The average Bonchev–Trinajstić information content (AvgIpc) is 3.83. The molecule has 7 rings (SSSR count). The van der Waals surface area contributed by atoms with Crippen LogP contribution in [0.3, 0.4) is 0 Å². The summed E-state index contributed by atoms with van der Waals surface area (Å²) in [5.41, 5.74) is 2.48. The number of aliphatic hydroxyl groups is 1. The number of aliphatic hydroxyl groups excluding tert-OH is 1. The van der Waals surface area contributed by atoms with E-state index in [2.05, 4.69) is 32.2 Å². The highest BCUT2D eigenvalue weighted by Gasteiger charge is 2.66. The third-order valence-corrected chi connectivity index (χ3v) is 16.8. The number of methoxy groups -OCH3 is 2. The topological polar surface area (TPSA) is 135 Å². The van der Waals surface area contributed by atoms with E-state index < -0.39 is 25.9 Å². The zero-order chi connectivity index (χ0) is 39.1. The number of fused-ring (bicyclic) bond motifs is 3. The van der Waals surface area contributed by atoms with Gasteiger partial charge in [-0.2, -0.15) is 0 Å². The molecular weight excluding hydrogens is 719 g/mol. The van der Waals surface area contributed by atoms with Crippen molar-refractivity contribution in [2.75, 3.05) is 50.3 Å². The number of unbranched alkanes of at least 4 members (excludes halogenated alkanes) is 1. The third kappa shape index (κ3) is 6.80. The minimum atomic E-state index is -2.58.